The van der Waals surface area contributed by atoms with Crippen LogP contribution in [0.15, 0.2) is 59.4 Å². The Labute approximate surface area is 120 Å². The zero-order valence-electron chi connectivity index (χ0n) is 10.3. The third kappa shape index (κ3) is 2.60. The van der Waals surface area contributed by atoms with Gasteiger partial charge in [0.1, 0.15) is 0 Å². The second-order valence-electron chi connectivity index (χ2n) is 4.10. The first kappa shape index (κ1) is 12.6. The summed E-state index contributed by atoms with van der Waals surface area (Å²) in [6.45, 7) is 0. The number of hydrogen-bond acceptors (Lipinski definition) is 4. The van der Waals surface area contributed by atoms with Gasteiger partial charge < -0.3 is 4.74 Å². The van der Waals surface area contributed by atoms with Crippen LogP contribution >= 0.6 is 11.6 Å². The molecule has 1 aliphatic rings. The van der Waals surface area contributed by atoms with Crippen molar-refractivity contribution >= 4 is 29.5 Å². The molecule has 98 valence electrons. The van der Waals surface area contributed by atoms with Crippen LogP contribution in [0.3, 0.4) is 0 Å². The van der Waals surface area contributed by atoms with E-state index in [9.17, 15) is 4.79 Å². The van der Waals surface area contributed by atoms with E-state index in [-0.39, 0.29) is 11.6 Å². The lowest BCUT2D eigenvalue weighted by molar-refractivity contribution is -0.129. The van der Waals surface area contributed by atoms with Crippen molar-refractivity contribution in [3.63, 3.8) is 0 Å². The summed E-state index contributed by atoms with van der Waals surface area (Å²) in [5.74, 6) is -0.213. The molecule has 1 aromatic heterocycles. The van der Waals surface area contributed by atoms with Gasteiger partial charge in [-0.3, -0.25) is 4.98 Å². The smallest absolute Gasteiger partial charge is 0.363 e. The molecular formula is C15H9ClN2O2. The summed E-state index contributed by atoms with van der Waals surface area (Å²) in [4.78, 5) is 20.1. The molecule has 0 unspecified atom stereocenters. The maximum atomic E-state index is 11.8. The van der Waals surface area contributed by atoms with Crippen LogP contribution in [-0.2, 0) is 9.53 Å². The first-order chi connectivity index (χ1) is 9.72. The van der Waals surface area contributed by atoms with Crippen molar-refractivity contribution in [2.45, 2.75) is 0 Å². The van der Waals surface area contributed by atoms with E-state index in [1.165, 1.54) is 0 Å². The summed E-state index contributed by atoms with van der Waals surface area (Å²) >= 11 is 5.82. The largest absolute Gasteiger partial charge is 0.402 e. The molecule has 4 nitrogen and oxygen atoms in total. The Kier molecular flexibility index (Phi) is 3.31. The normalized spacial score (nSPS) is 16.1. The Morgan fingerprint density at radius 2 is 1.90 bits per heavy atom. The molecule has 3 rings (SSSR count). The first-order valence-corrected chi connectivity index (χ1v) is 6.30. The Morgan fingerprint density at radius 3 is 2.60 bits per heavy atom. The van der Waals surface area contributed by atoms with Gasteiger partial charge >= 0.3 is 5.97 Å². The molecule has 0 bridgehead atoms. The fourth-order valence-corrected chi connectivity index (χ4v) is 1.85. The highest BCUT2D eigenvalue weighted by molar-refractivity contribution is 6.30. The van der Waals surface area contributed by atoms with Crippen LogP contribution in [0, 0.1) is 0 Å². The molecule has 0 amide bonds. The highest BCUT2D eigenvalue weighted by Gasteiger charge is 2.24. The zero-order valence-corrected chi connectivity index (χ0v) is 11.0. The van der Waals surface area contributed by atoms with E-state index in [0.29, 0.717) is 16.3 Å². The number of nitrogens with zero attached hydrogens (tertiary/aromatic N) is 2. The van der Waals surface area contributed by atoms with E-state index >= 15 is 0 Å². The molecule has 0 aliphatic carbocycles. The summed E-state index contributed by atoms with van der Waals surface area (Å²) in [7, 11) is 0. The molecule has 0 N–H and O–H groups in total. The molecule has 0 saturated carbocycles. The average Bonchev–Trinajstić information content (AvgIpc) is 2.82. The van der Waals surface area contributed by atoms with Crippen LogP contribution in [0.1, 0.15) is 11.3 Å². The van der Waals surface area contributed by atoms with Crippen LogP contribution in [0.2, 0.25) is 5.02 Å². The van der Waals surface area contributed by atoms with Gasteiger partial charge in [-0.25, -0.2) is 9.79 Å². The predicted octanol–water partition coefficient (Wildman–Crippen LogP) is 3.08. The number of hydrogen-bond donors (Lipinski definition) is 0. The van der Waals surface area contributed by atoms with Gasteiger partial charge in [0.25, 0.3) is 0 Å². The minimum Gasteiger partial charge on any atom is -0.402 e. The lowest BCUT2D eigenvalue weighted by Crippen LogP contribution is -2.05. The van der Waals surface area contributed by atoms with Crippen molar-refractivity contribution in [1.82, 2.24) is 4.98 Å². The number of pyridine rings is 1. The topological polar surface area (TPSA) is 51.5 Å². The standard InChI is InChI=1S/C15H9ClN2O2/c16-11-6-4-10(5-7-11)14-18-13(15(19)20-14)9-12-3-1-2-8-17-12/h1-9H/b13-9-. The van der Waals surface area contributed by atoms with Crippen molar-refractivity contribution in [2.24, 2.45) is 4.99 Å². The van der Waals surface area contributed by atoms with Crippen LogP contribution < -0.4 is 0 Å². The molecule has 2 heterocycles. The lowest BCUT2D eigenvalue weighted by Gasteiger charge is -1.98. The number of cyclic esters (lactones) is 1. The van der Waals surface area contributed by atoms with Crippen LogP contribution in [0.25, 0.3) is 6.08 Å². The number of ether oxygens (including phenoxy) is 1. The van der Waals surface area contributed by atoms with Crippen molar-refractivity contribution in [3.05, 3.63) is 70.6 Å². The summed E-state index contributed by atoms with van der Waals surface area (Å²) in [6.07, 6.45) is 3.24. The molecule has 0 spiro atoms. The zero-order chi connectivity index (χ0) is 13.9. The van der Waals surface area contributed by atoms with Gasteiger partial charge in [-0.1, -0.05) is 17.7 Å². The molecule has 0 radical (unpaired) electrons. The average molecular weight is 285 g/mol. The van der Waals surface area contributed by atoms with Gasteiger partial charge in [0.2, 0.25) is 5.90 Å². The molecule has 2 aromatic rings. The fourth-order valence-electron chi connectivity index (χ4n) is 1.73. The van der Waals surface area contributed by atoms with Crippen LogP contribution in [-0.4, -0.2) is 16.9 Å². The van der Waals surface area contributed by atoms with E-state index in [1.807, 2.05) is 6.07 Å². The molecule has 0 fully saturated rings. The van der Waals surface area contributed by atoms with E-state index in [1.54, 1.807) is 48.7 Å². The quantitative estimate of drug-likeness (QED) is 0.629. The monoisotopic (exact) mass is 284 g/mol. The van der Waals surface area contributed by atoms with Crippen LogP contribution in [0.5, 0.6) is 0 Å². The summed E-state index contributed by atoms with van der Waals surface area (Å²) < 4.78 is 5.14. The predicted molar refractivity (Wildman–Crippen MR) is 76.3 cm³/mol. The molecule has 5 heteroatoms. The SMILES string of the molecule is O=C1OC(c2ccc(Cl)cc2)=N/C1=C\c1ccccn1. The van der Waals surface area contributed by atoms with Crippen molar-refractivity contribution in [3.8, 4) is 0 Å². The van der Waals surface area contributed by atoms with Gasteiger partial charge in [0, 0.05) is 16.8 Å². The highest BCUT2D eigenvalue weighted by Crippen LogP contribution is 2.19. The van der Waals surface area contributed by atoms with E-state index in [0.717, 1.165) is 0 Å². The third-order valence-corrected chi connectivity index (χ3v) is 2.94. The molecular weight excluding hydrogens is 276 g/mol. The van der Waals surface area contributed by atoms with Gasteiger partial charge in [0.05, 0.1) is 5.69 Å². The maximum Gasteiger partial charge on any atom is 0.363 e. The first-order valence-electron chi connectivity index (χ1n) is 5.92. The number of rotatable bonds is 2. The number of benzene rings is 1. The number of carbonyl (C=O) groups excluding carboxylic acids is 1. The number of halogens is 1. The number of aromatic nitrogens is 1. The van der Waals surface area contributed by atoms with Crippen molar-refractivity contribution < 1.29 is 9.53 Å². The highest BCUT2D eigenvalue weighted by atomic mass is 35.5. The summed E-state index contributed by atoms with van der Waals surface area (Å²) in [6, 6.07) is 12.4. The molecule has 0 atom stereocenters. The van der Waals surface area contributed by atoms with E-state index < -0.39 is 5.97 Å². The minimum absolute atomic E-state index is 0.230. The van der Waals surface area contributed by atoms with E-state index in [4.69, 9.17) is 16.3 Å². The molecule has 0 saturated heterocycles. The molecule has 1 aliphatic heterocycles. The number of esters is 1. The lowest BCUT2D eigenvalue weighted by atomic mass is 10.2. The third-order valence-electron chi connectivity index (χ3n) is 2.68. The second kappa shape index (κ2) is 5.27. The Balaban J connectivity index is 1.93. The summed E-state index contributed by atoms with van der Waals surface area (Å²) in [5.41, 5.74) is 1.58. The minimum atomic E-state index is -0.486. The molecule has 1 aromatic carbocycles. The number of aliphatic imine (C=N–C) groups is 1. The van der Waals surface area contributed by atoms with Crippen LogP contribution in [0.4, 0.5) is 0 Å². The Bertz CT molecular complexity index is 706. The fraction of sp³-hybridized carbons (Fsp3) is 0. The van der Waals surface area contributed by atoms with Gasteiger partial charge in [0.15, 0.2) is 5.70 Å². The second-order valence-corrected chi connectivity index (χ2v) is 4.53. The Morgan fingerprint density at radius 1 is 1.10 bits per heavy atom. The van der Waals surface area contributed by atoms with Crippen molar-refractivity contribution in [2.75, 3.05) is 0 Å². The van der Waals surface area contributed by atoms with Gasteiger partial charge in [-0.05, 0) is 42.5 Å². The van der Waals surface area contributed by atoms with Gasteiger partial charge in [-0.2, -0.15) is 0 Å². The Hall–Kier alpha value is -2.46. The molecule has 20 heavy (non-hydrogen) atoms. The van der Waals surface area contributed by atoms with Crippen molar-refractivity contribution in [1.29, 1.82) is 0 Å². The number of carbonyl (C=O) groups is 1. The van der Waals surface area contributed by atoms with Gasteiger partial charge in [-0.15, -0.1) is 0 Å². The summed E-state index contributed by atoms with van der Waals surface area (Å²) in [5, 5.41) is 0.614. The maximum absolute atomic E-state index is 11.8. The van der Waals surface area contributed by atoms with E-state index in [2.05, 4.69) is 9.98 Å².